The highest BCUT2D eigenvalue weighted by atomic mass is 32.2. The smallest absolute Gasteiger partial charge is 0.422 e. The monoisotopic (exact) mass is 423 g/mol. The lowest BCUT2D eigenvalue weighted by atomic mass is 10.2. The van der Waals surface area contributed by atoms with E-state index >= 15 is 0 Å². The van der Waals surface area contributed by atoms with Crippen molar-refractivity contribution in [2.75, 3.05) is 32.7 Å². The zero-order valence-corrected chi connectivity index (χ0v) is 15.7. The van der Waals surface area contributed by atoms with Gasteiger partial charge in [-0.1, -0.05) is 0 Å². The van der Waals surface area contributed by atoms with Gasteiger partial charge in [0.25, 0.3) is 10.0 Å². The summed E-state index contributed by atoms with van der Waals surface area (Å²) in [5.41, 5.74) is 0.0897. The van der Waals surface area contributed by atoms with Crippen LogP contribution < -0.4 is 23.7 Å². The first-order chi connectivity index (χ1) is 13.1. The lowest BCUT2D eigenvalue weighted by Gasteiger charge is -2.15. The van der Waals surface area contributed by atoms with Crippen LogP contribution in [-0.4, -0.2) is 52.5 Å². The molecule has 0 aliphatic rings. The third kappa shape index (κ3) is 5.28. The van der Waals surface area contributed by atoms with Crippen molar-refractivity contribution in [1.29, 1.82) is 0 Å². The molecule has 9 nitrogen and oxygen atoms in total. The van der Waals surface area contributed by atoms with E-state index in [0.29, 0.717) is 0 Å². The van der Waals surface area contributed by atoms with E-state index in [0.717, 1.165) is 12.4 Å². The highest BCUT2D eigenvalue weighted by Crippen LogP contribution is 2.40. The van der Waals surface area contributed by atoms with Crippen molar-refractivity contribution in [3.63, 3.8) is 0 Å². The van der Waals surface area contributed by atoms with E-state index in [4.69, 9.17) is 14.2 Å². The highest BCUT2D eigenvalue weighted by molar-refractivity contribution is 7.92. The van der Waals surface area contributed by atoms with Crippen LogP contribution >= 0.6 is 0 Å². The molecule has 0 radical (unpaired) electrons. The Bertz CT molecular complexity index is 895. The molecule has 2 aromatic rings. The molecule has 0 aliphatic carbocycles. The summed E-state index contributed by atoms with van der Waals surface area (Å²) < 4.78 is 83.3. The first kappa shape index (κ1) is 21.3. The van der Waals surface area contributed by atoms with E-state index in [-0.39, 0.29) is 27.8 Å². The molecule has 0 aliphatic heterocycles. The maximum Gasteiger partial charge on any atom is 0.422 e. The van der Waals surface area contributed by atoms with Crippen molar-refractivity contribution in [1.82, 2.24) is 9.97 Å². The van der Waals surface area contributed by atoms with Crippen molar-refractivity contribution in [2.24, 2.45) is 0 Å². The van der Waals surface area contributed by atoms with Gasteiger partial charge in [0.15, 0.2) is 18.1 Å². The van der Waals surface area contributed by atoms with Crippen molar-refractivity contribution < 1.29 is 40.5 Å². The third-order valence-electron chi connectivity index (χ3n) is 3.20. The number of hydrogen-bond donors (Lipinski definition) is 1. The highest BCUT2D eigenvalue weighted by Gasteiger charge is 2.29. The van der Waals surface area contributed by atoms with Gasteiger partial charge in [0.1, 0.15) is 4.90 Å². The molecule has 1 heterocycles. The van der Waals surface area contributed by atoms with Crippen LogP contribution in [0.15, 0.2) is 29.4 Å². The molecule has 28 heavy (non-hydrogen) atoms. The van der Waals surface area contributed by atoms with E-state index in [1.807, 2.05) is 0 Å². The quantitative estimate of drug-likeness (QED) is 0.689. The van der Waals surface area contributed by atoms with Crippen LogP contribution in [0.3, 0.4) is 0 Å². The molecule has 0 unspecified atom stereocenters. The number of sulfonamides is 1. The van der Waals surface area contributed by atoms with Crippen LogP contribution in [0.1, 0.15) is 0 Å². The summed E-state index contributed by atoms with van der Waals surface area (Å²) in [6.45, 7) is -1.59. The molecule has 0 atom stereocenters. The van der Waals surface area contributed by atoms with Gasteiger partial charge in [0, 0.05) is 12.1 Å². The molecule has 1 aromatic heterocycles. The summed E-state index contributed by atoms with van der Waals surface area (Å²) in [5, 5.41) is 0. The number of ether oxygens (including phenoxy) is 4. The molecule has 154 valence electrons. The fourth-order valence-electron chi connectivity index (χ4n) is 2.02. The van der Waals surface area contributed by atoms with Gasteiger partial charge < -0.3 is 18.9 Å². The van der Waals surface area contributed by atoms with E-state index in [1.165, 1.54) is 33.5 Å². The predicted molar refractivity (Wildman–Crippen MR) is 90.5 cm³/mol. The van der Waals surface area contributed by atoms with E-state index in [9.17, 15) is 21.6 Å². The average Bonchev–Trinajstić information content (AvgIpc) is 2.65. The second-order valence-electron chi connectivity index (χ2n) is 5.12. The first-order valence-electron chi connectivity index (χ1n) is 7.44. The maximum atomic E-state index is 12.5. The van der Waals surface area contributed by atoms with Crippen LogP contribution in [0, 0.1) is 0 Å². The molecule has 0 bridgehead atoms. The number of anilines is 1. The second-order valence-corrected chi connectivity index (χ2v) is 6.81. The number of benzene rings is 1. The van der Waals surface area contributed by atoms with Crippen molar-refractivity contribution >= 4 is 15.7 Å². The Morgan fingerprint density at radius 2 is 1.54 bits per heavy atom. The summed E-state index contributed by atoms with van der Waals surface area (Å²) in [4.78, 5) is 6.54. The van der Waals surface area contributed by atoms with Crippen LogP contribution in [0.5, 0.6) is 23.3 Å². The standard InChI is InChI=1S/C15H16F3N3O6S/c1-24-11-4-9(5-12(25-2)13(11)26-3)21-28(22,23)10-6-19-14(20-7-10)27-8-15(16,17)18/h4-7,21H,8H2,1-3H3. The predicted octanol–water partition coefficient (Wildman–Crippen LogP) is 2.24. The van der Waals surface area contributed by atoms with Crippen LogP contribution in [0.4, 0.5) is 18.9 Å². The normalized spacial score (nSPS) is 11.6. The molecule has 1 aromatic carbocycles. The molecule has 0 saturated carbocycles. The molecule has 1 N–H and O–H groups in total. The van der Waals surface area contributed by atoms with Crippen LogP contribution in [-0.2, 0) is 10.0 Å². The van der Waals surface area contributed by atoms with Gasteiger partial charge in [-0.25, -0.2) is 18.4 Å². The maximum absolute atomic E-state index is 12.5. The van der Waals surface area contributed by atoms with Crippen LogP contribution in [0.25, 0.3) is 0 Å². The molecule has 0 amide bonds. The number of nitrogens with zero attached hydrogens (tertiary/aromatic N) is 2. The van der Waals surface area contributed by atoms with Gasteiger partial charge >= 0.3 is 12.2 Å². The SMILES string of the molecule is COc1cc(NS(=O)(=O)c2cnc(OCC(F)(F)F)nc2)cc(OC)c1OC. The van der Waals surface area contributed by atoms with Crippen molar-refractivity contribution in [3.8, 4) is 23.3 Å². The zero-order valence-electron chi connectivity index (χ0n) is 14.9. The lowest BCUT2D eigenvalue weighted by Crippen LogP contribution is -2.20. The number of methoxy groups -OCH3 is 3. The van der Waals surface area contributed by atoms with Gasteiger partial charge in [-0.15, -0.1) is 0 Å². The Labute approximate surface area is 158 Å². The molecule has 2 rings (SSSR count). The number of rotatable bonds is 8. The fourth-order valence-corrected chi connectivity index (χ4v) is 2.95. The van der Waals surface area contributed by atoms with E-state index < -0.39 is 28.8 Å². The molecular formula is C15H16F3N3O6S. The minimum atomic E-state index is -4.57. The van der Waals surface area contributed by atoms with E-state index in [2.05, 4.69) is 19.4 Å². The summed E-state index contributed by atoms with van der Waals surface area (Å²) in [6.07, 6.45) is -2.93. The molecule has 13 heteroatoms. The molecule has 0 saturated heterocycles. The fraction of sp³-hybridized carbons (Fsp3) is 0.333. The summed E-state index contributed by atoms with van der Waals surface area (Å²) >= 11 is 0. The molecule has 0 spiro atoms. The Hall–Kier alpha value is -2.96. The minimum Gasteiger partial charge on any atom is -0.493 e. The molecular weight excluding hydrogens is 407 g/mol. The minimum absolute atomic E-state index is 0.0897. The van der Waals surface area contributed by atoms with Gasteiger partial charge in [-0.3, -0.25) is 4.72 Å². The zero-order chi connectivity index (χ0) is 20.9. The summed E-state index contributed by atoms with van der Waals surface area (Å²) in [6, 6.07) is 2.12. The first-order valence-corrected chi connectivity index (χ1v) is 8.92. The Kier molecular flexibility index (Phi) is 6.38. The summed E-state index contributed by atoms with van der Waals surface area (Å²) in [5.74, 6) is 0.695. The van der Waals surface area contributed by atoms with Gasteiger partial charge in [-0.05, 0) is 0 Å². The Morgan fingerprint density at radius 1 is 1.00 bits per heavy atom. The Morgan fingerprint density at radius 3 is 1.96 bits per heavy atom. The Balaban J connectivity index is 2.24. The number of aromatic nitrogens is 2. The summed E-state index contributed by atoms with van der Waals surface area (Å²) in [7, 11) is -0.0265. The number of alkyl halides is 3. The van der Waals surface area contributed by atoms with Gasteiger partial charge in [-0.2, -0.15) is 13.2 Å². The van der Waals surface area contributed by atoms with Crippen molar-refractivity contribution in [3.05, 3.63) is 24.5 Å². The average molecular weight is 423 g/mol. The number of hydrogen-bond acceptors (Lipinski definition) is 8. The van der Waals surface area contributed by atoms with Gasteiger partial charge in [0.2, 0.25) is 5.75 Å². The number of nitrogens with one attached hydrogen (secondary N) is 1. The van der Waals surface area contributed by atoms with E-state index in [1.54, 1.807) is 0 Å². The molecule has 0 fully saturated rings. The van der Waals surface area contributed by atoms with Crippen LogP contribution in [0.2, 0.25) is 0 Å². The largest absolute Gasteiger partial charge is 0.493 e. The topological polar surface area (TPSA) is 109 Å². The number of halogens is 3. The lowest BCUT2D eigenvalue weighted by molar-refractivity contribution is -0.154. The third-order valence-corrected chi connectivity index (χ3v) is 4.53. The van der Waals surface area contributed by atoms with Crippen molar-refractivity contribution in [2.45, 2.75) is 11.1 Å². The van der Waals surface area contributed by atoms with Gasteiger partial charge in [0.05, 0.1) is 39.4 Å². The second kappa shape index (κ2) is 8.37.